The van der Waals surface area contributed by atoms with Gasteiger partial charge >= 0.3 is 0 Å². The molecule has 0 radical (unpaired) electrons. The number of amides is 1. The number of hydrogen-bond donors (Lipinski definition) is 1. The van der Waals surface area contributed by atoms with Crippen LogP contribution in [0.4, 0.5) is 0 Å². The van der Waals surface area contributed by atoms with Crippen molar-refractivity contribution in [2.45, 2.75) is 19.9 Å². The van der Waals surface area contributed by atoms with Gasteiger partial charge in [0.25, 0.3) is 5.56 Å². The molecule has 5 heteroatoms. The van der Waals surface area contributed by atoms with Crippen LogP contribution in [-0.4, -0.2) is 22.0 Å². The minimum atomic E-state index is -0.200. The van der Waals surface area contributed by atoms with E-state index >= 15 is 0 Å². The van der Waals surface area contributed by atoms with Gasteiger partial charge in [0, 0.05) is 6.54 Å². The Bertz CT molecular complexity index is 931. The zero-order chi connectivity index (χ0) is 16.9. The van der Waals surface area contributed by atoms with Crippen molar-refractivity contribution in [2.75, 3.05) is 6.54 Å². The number of aromatic nitrogens is 2. The Morgan fingerprint density at radius 2 is 2.00 bits per heavy atom. The number of para-hydroxylation sites is 1. The van der Waals surface area contributed by atoms with Gasteiger partial charge in [-0.15, -0.1) is 0 Å². The Hall–Kier alpha value is -2.95. The number of fused-ring (bicyclic) bond motifs is 1. The Balaban J connectivity index is 1.61. The standard InChI is InChI=1S/C19H19N3O2/c1-14-5-4-6-15(11-14)9-10-20-18(23)12-22-13-21-17-8-3-2-7-16(17)19(22)24/h2-8,11,13H,9-10,12H2,1H3,(H,20,23). The average Bonchev–Trinajstić information content (AvgIpc) is 2.58. The number of nitrogens with zero attached hydrogens (tertiary/aromatic N) is 2. The van der Waals surface area contributed by atoms with Gasteiger partial charge in [0.2, 0.25) is 5.91 Å². The number of benzene rings is 2. The van der Waals surface area contributed by atoms with Crippen LogP contribution in [0.5, 0.6) is 0 Å². The summed E-state index contributed by atoms with van der Waals surface area (Å²) < 4.78 is 1.34. The second kappa shape index (κ2) is 7.08. The zero-order valence-corrected chi connectivity index (χ0v) is 13.5. The van der Waals surface area contributed by atoms with Crippen LogP contribution < -0.4 is 10.9 Å². The molecule has 1 heterocycles. The molecule has 0 unspecified atom stereocenters. The molecule has 3 rings (SSSR count). The molecule has 0 aliphatic carbocycles. The summed E-state index contributed by atoms with van der Waals surface area (Å²) in [5.74, 6) is -0.193. The lowest BCUT2D eigenvalue weighted by molar-refractivity contribution is -0.121. The van der Waals surface area contributed by atoms with Gasteiger partial charge < -0.3 is 5.32 Å². The minimum absolute atomic E-state index is 0.0233. The first-order valence-corrected chi connectivity index (χ1v) is 7.90. The fraction of sp³-hybridized carbons (Fsp3) is 0.211. The molecule has 0 aliphatic rings. The van der Waals surface area contributed by atoms with E-state index in [4.69, 9.17) is 0 Å². The predicted molar refractivity (Wildman–Crippen MR) is 93.9 cm³/mol. The van der Waals surface area contributed by atoms with E-state index in [1.807, 2.05) is 31.2 Å². The highest BCUT2D eigenvalue weighted by Gasteiger charge is 2.07. The number of carbonyl (C=O) groups is 1. The molecule has 1 amide bonds. The smallest absolute Gasteiger partial charge is 0.261 e. The van der Waals surface area contributed by atoms with Crippen molar-refractivity contribution >= 4 is 16.8 Å². The first-order chi connectivity index (χ1) is 11.6. The Morgan fingerprint density at radius 3 is 2.83 bits per heavy atom. The number of hydrogen-bond acceptors (Lipinski definition) is 3. The van der Waals surface area contributed by atoms with Gasteiger partial charge in [-0.05, 0) is 31.0 Å². The lowest BCUT2D eigenvalue weighted by Gasteiger charge is -2.08. The number of nitrogens with one attached hydrogen (secondary N) is 1. The number of aryl methyl sites for hydroxylation is 1. The van der Waals surface area contributed by atoms with Crippen molar-refractivity contribution in [3.8, 4) is 0 Å². The SMILES string of the molecule is Cc1cccc(CCNC(=O)Cn2cnc3ccccc3c2=O)c1. The first-order valence-electron chi connectivity index (χ1n) is 7.90. The Kier molecular flexibility index (Phi) is 4.70. The van der Waals surface area contributed by atoms with Crippen LogP contribution in [0.25, 0.3) is 10.9 Å². The van der Waals surface area contributed by atoms with Gasteiger partial charge in [0.1, 0.15) is 6.54 Å². The first kappa shape index (κ1) is 15.9. The molecule has 3 aromatic rings. The Labute approximate surface area is 140 Å². The maximum absolute atomic E-state index is 12.3. The van der Waals surface area contributed by atoms with Crippen LogP contribution in [0.15, 0.2) is 59.7 Å². The summed E-state index contributed by atoms with van der Waals surface area (Å²) in [6, 6.07) is 15.3. The molecular formula is C19H19N3O2. The third-order valence-electron chi connectivity index (χ3n) is 3.86. The number of carbonyl (C=O) groups excluding carboxylic acids is 1. The highest BCUT2D eigenvalue weighted by atomic mass is 16.2. The molecule has 2 aromatic carbocycles. The summed E-state index contributed by atoms with van der Waals surface area (Å²) in [6.45, 7) is 2.56. The largest absolute Gasteiger partial charge is 0.354 e. The van der Waals surface area contributed by atoms with Gasteiger partial charge in [-0.3, -0.25) is 14.2 Å². The van der Waals surface area contributed by atoms with Crippen LogP contribution in [0.1, 0.15) is 11.1 Å². The zero-order valence-electron chi connectivity index (χ0n) is 13.5. The number of rotatable bonds is 5. The van der Waals surface area contributed by atoms with Crippen LogP contribution in [0, 0.1) is 6.92 Å². The molecule has 122 valence electrons. The summed E-state index contributed by atoms with van der Waals surface area (Å²) in [6.07, 6.45) is 2.18. The molecule has 24 heavy (non-hydrogen) atoms. The highest BCUT2D eigenvalue weighted by Crippen LogP contribution is 2.05. The third-order valence-corrected chi connectivity index (χ3v) is 3.86. The van der Waals surface area contributed by atoms with Crippen molar-refractivity contribution in [2.24, 2.45) is 0 Å². The van der Waals surface area contributed by atoms with Crippen molar-refractivity contribution in [1.82, 2.24) is 14.9 Å². The summed E-state index contributed by atoms with van der Waals surface area (Å²) in [5, 5.41) is 3.37. The molecule has 0 saturated heterocycles. The fourth-order valence-corrected chi connectivity index (χ4v) is 2.64. The topological polar surface area (TPSA) is 64.0 Å². The maximum atomic E-state index is 12.3. The van der Waals surface area contributed by atoms with Gasteiger partial charge in [0.05, 0.1) is 17.2 Å². The van der Waals surface area contributed by atoms with E-state index in [0.717, 1.165) is 6.42 Å². The van der Waals surface area contributed by atoms with Crippen molar-refractivity contribution in [3.05, 3.63) is 76.3 Å². The molecule has 0 saturated carbocycles. The molecule has 0 aliphatic heterocycles. The normalized spacial score (nSPS) is 10.7. The summed E-state index contributed by atoms with van der Waals surface area (Å²) >= 11 is 0. The van der Waals surface area contributed by atoms with E-state index in [9.17, 15) is 9.59 Å². The summed E-state index contributed by atoms with van der Waals surface area (Å²) in [7, 11) is 0. The second-order valence-corrected chi connectivity index (χ2v) is 5.78. The van der Waals surface area contributed by atoms with Gasteiger partial charge in [-0.2, -0.15) is 0 Å². The van der Waals surface area contributed by atoms with Crippen LogP contribution in [0.2, 0.25) is 0 Å². The quantitative estimate of drug-likeness (QED) is 0.782. The van der Waals surface area contributed by atoms with E-state index < -0.39 is 0 Å². The molecular weight excluding hydrogens is 302 g/mol. The monoisotopic (exact) mass is 321 g/mol. The Morgan fingerprint density at radius 1 is 1.17 bits per heavy atom. The lowest BCUT2D eigenvalue weighted by Crippen LogP contribution is -2.33. The summed E-state index contributed by atoms with van der Waals surface area (Å²) in [4.78, 5) is 28.6. The van der Waals surface area contributed by atoms with E-state index in [-0.39, 0.29) is 18.0 Å². The fourth-order valence-electron chi connectivity index (χ4n) is 2.64. The van der Waals surface area contributed by atoms with E-state index in [1.54, 1.807) is 18.2 Å². The predicted octanol–water partition coefficient (Wildman–Crippen LogP) is 2.06. The van der Waals surface area contributed by atoms with Gasteiger partial charge in [0.15, 0.2) is 0 Å². The molecule has 0 fully saturated rings. The van der Waals surface area contributed by atoms with Crippen LogP contribution in [0.3, 0.4) is 0 Å². The van der Waals surface area contributed by atoms with Crippen molar-refractivity contribution in [1.29, 1.82) is 0 Å². The summed E-state index contributed by atoms with van der Waals surface area (Å²) in [5.41, 5.74) is 2.82. The van der Waals surface area contributed by atoms with Crippen molar-refractivity contribution in [3.63, 3.8) is 0 Å². The van der Waals surface area contributed by atoms with Gasteiger partial charge in [-0.1, -0.05) is 42.0 Å². The molecule has 0 spiro atoms. The van der Waals surface area contributed by atoms with E-state index in [0.29, 0.717) is 17.4 Å². The third kappa shape index (κ3) is 3.68. The van der Waals surface area contributed by atoms with Crippen LogP contribution >= 0.6 is 0 Å². The minimum Gasteiger partial charge on any atom is -0.354 e. The van der Waals surface area contributed by atoms with Crippen molar-refractivity contribution < 1.29 is 4.79 Å². The maximum Gasteiger partial charge on any atom is 0.261 e. The van der Waals surface area contributed by atoms with Crippen LogP contribution in [-0.2, 0) is 17.8 Å². The second-order valence-electron chi connectivity index (χ2n) is 5.78. The lowest BCUT2D eigenvalue weighted by atomic mass is 10.1. The molecule has 5 nitrogen and oxygen atoms in total. The highest BCUT2D eigenvalue weighted by molar-refractivity contribution is 5.78. The molecule has 0 atom stereocenters. The van der Waals surface area contributed by atoms with E-state index in [1.165, 1.54) is 22.0 Å². The average molecular weight is 321 g/mol. The molecule has 0 bridgehead atoms. The van der Waals surface area contributed by atoms with E-state index in [2.05, 4.69) is 16.4 Å². The molecule has 1 aromatic heterocycles. The molecule has 1 N–H and O–H groups in total. The van der Waals surface area contributed by atoms with Gasteiger partial charge in [-0.25, -0.2) is 4.98 Å².